The van der Waals surface area contributed by atoms with E-state index in [9.17, 15) is 10.2 Å². The molecule has 0 fully saturated rings. The van der Waals surface area contributed by atoms with Crippen LogP contribution in [-0.4, -0.2) is 59.4 Å². The second-order valence-electron chi connectivity index (χ2n) is 2.95. The molecule has 0 aliphatic heterocycles. The van der Waals surface area contributed by atoms with Crippen LogP contribution in [-0.2, 0) is 9.47 Å². The van der Waals surface area contributed by atoms with Crippen molar-refractivity contribution in [2.45, 2.75) is 31.5 Å². The maximum absolute atomic E-state index is 9.28. The molecule has 0 radical (unpaired) electrons. The van der Waals surface area contributed by atoms with E-state index >= 15 is 0 Å². The molecule has 0 amide bonds. The first kappa shape index (κ1) is 14.2. The zero-order valence-corrected chi connectivity index (χ0v) is 9.22. The topological polar surface area (TPSA) is 79.2 Å². The molecule has 86 valence electrons. The highest BCUT2D eigenvalue weighted by Crippen LogP contribution is 2.09. The fraction of sp³-hybridized carbons (Fsp3) is 1.00. The minimum absolute atomic E-state index is 0.230. The summed E-state index contributed by atoms with van der Waals surface area (Å²) in [5.41, 5.74) is 0. The zero-order valence-electron chi connectivity index (χ0n) is 8.33. The third-order valence-corrected chi connectivity index (χ3v) is 2.09. The Morgan fingerprint density at radius 2 is 1.93 bits per heavy atom. The van der Waals surface area contributed by atoms with Gasteiger partial charge in [-0.15, -0.1) is 0 Å². The number of thiol groups is 1. The van der Waals surface area contributed by atoms with E-state index in [0.717, 1.165) is 0 Å². The highest BCUT2D eigenvalue weighted by atomic mass is 32.1. The molecule has 6 heteroatoms. The minimum Gasteiger partial charge on any atom is -0.394 e. The average molecular weight is 226 g/mol. The highest BCUT2D eigenvalue weighted by molar-refractivity contribution is 7.80. The maximum atomic E-state index is 9.28. The van der Waals surface area contributed by atoms with Crippen LogP contribution in [0, 0.1) is 0 Å². The Morgan fingerprint density at radius 1 is 1.36 bits per heavy atom. The molecule has 0 aromatic rings. The molecule has 0 saturated carbocycles. The van der Waals surface area contributed by atoms with Gasteiger partial charge in [0.25, 0.3) is 0 Å². The maximum Gasteiger partial charge on any atom is 0.183 e. The SMILES string of the molecule is CO[C@@H](OC(CS)[C@H](O)CO)[C@H](C)O. The van der Waals surface area contributed by atoms with E-state index in [-0.39, 0.29) is 5.75 Å². The van der Waals surface area contributed by atoms with Crippen molar-refractivity contribution in [2.24, 2.45) is 0 Å². The van der Waals surface area contributed by atoms with Crippen LogP contribution in [0.5, 0.6) is 0 Å². The molecular formula is C8H18O5S. The van der Waals surface area contributed by atoms with Crippen molar-refractivity contribution in [1.29, 1.82) is 0 Å². The molecule has 0 aromatic carbocycles. The van der Waals surface area contributed by atoms with Crippen LogP contribution < -0.4 is 0 Å². The lowest BCUT2D eigenvalue weighted by atomic mass is 10.2. The first-order valence-electron chi connectivity index (χ1n) is 4.32. The molecule has 0 spiro atoms. The normalized spacial score (nSPS) is 20.1. The van der Waals surface area contributed by atoms with Crippen molar-refractivity contribution in [2.75, 3.05) is 19.5 Å². The molecule has 0 rings (SSSR count). The molecular weight excluding hydrogens is 208 g/mol. The first-order chi connectivity index (χ1) is 6.56. The molecule has 4 atom stereocenters. The van der Waals surface area contributed by atoms with Crippen molar-refractivity contribution < 1.29 is 24.8 Å². The Morgan fingerprint density at radius 3 is 2.21 bits per heavy atom. The van der Waals surface area contributed by atoms with Gasteiger partial charge in [-0.3, -0.25) is 0 Å². The van der Waals surface area contributed by atoms with E-state index in [1.165, 1.54) is 14.0 Å². The van der Waals surface area contributed by atoms with E-state index in [2.05, 4.69) is 12.6 Å². The monoisotopic (exact) mass is 226 g/mol. The number of ether oxygens (including phenoxy) is 2. The number of hydrogen-bond donors (Lipinski definition) is 4. The second kappa shape index (κ2) is 7.44. The van der Waals surface area contributed by atoms with Crippen molar-refractivity contribution in [3.05, 3.63) is 0 Å². The quantitative estimate of drug-likeness (QED) is 0.331. The summed E-state index contributed by atoms with van der Waals surface area (Å²) in [6.07, 6.45) is -3.33. The number of aliphatic hydroxyl groups is 3. The van der Waals surface area contributed by atoms with Gasteiger partial charge in [0, 0.05) is 12.9 Å². The first-order valence-corrected chi connectivity index (χ1v) is 4.96. The fourth-order valence-corrected chi connectivity index (χ4v) is 1.24. The Bertz CT molecular complexity index is 144. The number of rotatable bonds is 7. The van der Waals surface area contributed by atoms with E-state index < -0.39 is 31.2 Å². The molecule has 14 heavy (non-hydrogen) atoms. The van der Waals surface area contributed by atoms with Gasteiger partial charge >= 0.3 is 0 Å². The summed E-state index contributed by atoms with van der Waals surface area (Å²) in [6.45, 7) is 1.09. The average Bonchev–Trinajstić information content (AvgIpc) is 2.18. The van der Waals surface area contributed by atoms with Crippen LogP contribution in [0.1, 0.15) is 6.92 Å². The predicted molar refractivity (Wildman–Crippen MR) is 54.3 cm³/mol. The third-order valence-electron chi connectivity index (χ3n) is 1.73. The van der Waals surface area contributed by atoms with Crippen molar-refractivity contribution in [1.82, 2.24) is 0 Å². The molecule has 1 unspecified atom stereocenters. The zero-order chi connectivity index (χ0) is 11.1. The highest BCUT2D eigenvalue weighted by Gasteiger charge is 2.24. The lowest BCUT2D eigenvalue weighted by molar-refractivity contribution is -0.213. The van der Waals surface area contributed by atoms with Gasteiger partial charge in [0.05, 0.1) is 12.7 Å². The smallest absolute Gasteiger partial charge is 0.183 e. The predicted octanol–water partition coefficient (Wildman–Crippen LogP) is -0.992. The van der Waals surface area contributed by atoms with Gasteiger partial charge in [-0.1, -0.05) is 0 Å². The van der Waals surface area contributed by atoms with E-state index in [1.807, 2.05) is 0 Å². The van der Waals surface area contributed by atoms with Crippen LogP contribution in [0.2, 0.25) is 0 Å². The van der Waals surface area contributed by atoms with Crippen molar-refractivity contribution in [3.63, 3.8) is 0 Å². The van der Waals surface area contributed by atoms with Gasteiger partial charge in [-0.25, -0.2) is 0 Å². The third kappa shape index (κ3) is 4.59. The largest absolute Gasteiger partial charge is 0.394 e. The molecule has 0 aromatic heterocycles. The van der Waals surface area contributed by atoms with Crippen LogP contribution in [0.15, 0.2) is 0 Å². The van der Waals surface area contributed by atoms with E-state index in [0.29, 0.717) is 0 Å². The summed E-state index contributed by atoms with van der Waals surface area (Å²) in [6, 6.07) is 0. The van der Waals surface area contributed by atoms with Gasteiger partial charge in [0.2, 0.25) is 0 Å². The molecule has 0 bridgehead atoms. The van der Waals surface area contributed by atoms with Gasteiger partial charge in [-0.2, -0.15) is 12.6 Å². The van der Waals surface area contributed by atoms with Crippen LogP contribution in [0.4, 0.5) is 0 Å². The van der Waals surface area contributed by atoms with Crippen molar-refractivity contribution >= 4 is 12.6 Å². The van der Waals surface area contributed by atoms with Gasteiger partial charge in [-0.05, 0) is 6.92 Å². The molecule has 5 nitrogen and oxygen atoms in total. The summed E-state index contributed by atoms with van der Waals surface area (Å²) in [5, 5.41) is 27.2. The Kier molecular flexibility index (Phi) is 7.52. The number of aliphatic hydroxyl groups excluding tert-OH is 3. The lowest BCUT2D eigenvalue weighted by Gasteiger charge is -2.26. The summed E-state index contributed by atoms with van der Waals surface area (Å²) < 4.78 is 10.0. The number of methoxy groups -OCH3 is 1. The molecule has 0 saturated heterocycles. The van der Waals surface area contributed by atoms with Crippen LogP contribution >= 0.6 is 12.6 Å². The summed E-state index contributed by atoms with van der Waals surface area (Å²) in [4.78, 5) is 0. The molecule has 0 heterocycles. The van der Waals surface area contributed by atoms with E-state index in [1.54, 1.807) is 0 Å². The van der Waals surface area contributed by atoms with Gasteiger partial charge in [0.15, 0.2) is 6.29 Å². The summed E-state index contributed by atoms with van der Waals surface area (Å²) in [5.74, 6) is 0.230. The van der Waals surface area contributed by atoms with Gasteiger partial charge in [0.1, 0.15) is 12.2 Å². The van der Waals surface area contributed by atoms with Crippen LogP contribution in [0.3, 0.4) is 0 Å². The number of hydrogen-bond acceptors (Lipinski definition) is 6. The Hall–Kier alpha value is 0.150. The standard InChI is InChI=1S/C8H18O5S/c1-5(10)8(12-2)13-7(4-14)6(11)3-9/h5-11,14H,3-4H2,1-2H3/t5-,6+,7?,8-/m0/s1. The lowest BCUT2D eigenvalue weighted by Crippen LogP contribution is -2.40. The minimum atomic E-state index is -1.02. The Balaban J connectivity index is 4.13. The summed E-state index contributed by atoms with van der Waals surface area (Å²) >= 11 is 3.96. The second-order valence-corrected chi connectivity index (χ2v) is 3.32. The molecule has 0 aliphatic carbocycles. The Labute approximate surface area is 89.1 Å². The fourth-order valence-electron chi connectivity index (χ4n) is 0.911. The van der Waals surface area contributed by atoms with Crippen LogP contribution in [0.25, 0.3) is 0 Å². The molecule has 0 aliphatic rings. The van der Waals surface area contributed by atoms with Gasteiger partial charge < -0.3 is 24.8 Å². The molecule has 3 N–H and O–H groups in total. The van der Waals surface area contributed by atoms with Crippen molar-refractivity contribution in [3.8, 4) is 0 Å². The van der Waals surface area contributed by atoms with E-state index in [4.69, 9.17) is 14.6 Å². The summed E-state index contributed by atoms with van der Waals surface area (Å²) in [7, 11) is 1.39.